The number of anilines is 1. The number of pyridine rings is 1. The van der Waals surface area contributed by atoms with Crippen molar-refractivity contribution in [2.24, 2.45) is 0 Å². The van der Waals surface area contributed by atoms with E-state index in [-0.39, 0.29) is 18.0 Å². The van der Waals surface area contributed by atoms with Crippen molar-refractivity contribution in [2.45, 2.75) is 46.6 Å². The summed E-state index contributed by atoms with van der Waals surface area (Å²) in [6.45, 7) is 10.5. The lowest BCUT2D eigenvalue weighted by molar-refractivity contribution is 0.251. The second-order valence-corrected chi connectivity index (χ2v) is 10.1. The molecule has 2 aromatic heterocycles. The van der Waals surface area contributed by atoms with Crippen LogP contribution in [0.2, 0.25) is 5.15 Å². The normalized spacial score (nSPS) is 11.3. The number of benzene rings is 2. The van der Waals surface area contributed by atoms with Crippen LogP contribution < -0.4 is 15.4 Å². The number of hydrogen-bond acceptors (Lipinski definition) is 4. The molecule has 36 heavy (non-hydrogen) atoms. The van der Waals surface area contributed by atoms with Crippen LogP contribution in [0.4, 0.5) is 10.6 Å². The summed E-state index contributed by atoms with van der Waals surface area (Å²) in [6.07, 6.45) is 1.66. The number of rotatable bonds is 6. The summed E-state index contributed by atoms with van der Waals surface area (Å²) in [4.78, 5) is 17.0. The summed E-state index contributed by atoms with van der Waals surface area (Å²) in [5.41, 5.74) is 4.41. The van der Waals surface area contributed by atoms with Crippen LogP contribution in [0, 0.1) is 13.8 Å². The Morgan fingerprint density at radius 1 is 1.03 bits per heavy atom. The number of halogens is 1. The molecule has 0 bridgehead atoms. The molecule has 4 rings (SSSR count). The van der Waals surface area contributed by atoms with Gasteiger partial charge < -0.3 is 10.1 Å². The van der Waals surface area contributed by atoms with Crippen LogP contribution in [0.3, 0.4) is 0 Å². The molecule has 0 aliphatic rings. The van der Waals surface area contributed by atoms with Crippen molar-refractivity contribution in [2.75, 3.05) is 5.32 Å². The Balaban J connectivity index is 1.51. The molecule has 2 aromatic carbocycles. The van der Waals surface area contributed by atoms with Gasteiger partial charge in [0.15, 0.2) is 0 Å². The van der Waals surface area contributed by atoms with E-state index < -0.39 is 0 Å². The fourth-order valence-corrected chi connectivity index (χ4v) is 3.66. The number of aromatic nitrogens is 3. The number of aryl methyl sites for hydroxylation is 2. The van der Waals surface area contributed by atoms with Crippen molar-refractivity contribution in [3.05, 3.63) is 94.4 Å². The monoisotopic (exact) mass is 503 g/mol. The van der Waals surface area contributed by atoms with Crippen LogP contribution in [0.25, 0.3) is 5.69 Å². The third-order valence-corrected chi connectivity index (χ3v) is 5.86. The predicted octanol–water partition coefficient (Wildman–Crippen LogP) is 6.95. The summed E-state index contributed by atoms with van der Waals surface area (Å²) in [5.74, 6) is 1.83. The summed E-state index contributed by atoms with van der Waals surface area (Å²) < 4.78 is 7.85. The Bertz CT molecular complexity index is 1370. The lowest BCUT2D eigenvalue weighted by Crippen LogP contribution is -2.29. The van der Waals surface area contributed by atoms with Gasteiger partial charge >= 0.3 is 6.03 Å². The Morgan fingerprint density at radius 3 is 2.47 bits per heavy atom. The van der Waals surface area contributed by atoms with Gasteiger partial charge in [0.2, 0.25) is 0 Å². The van der Waals surface area contributed by atoms with Crippen LogP contribution >= 0.6 is 11.6 Å². The first-order valence-corrected chi connectivity index (χ1v) is 12.1. The Morgan fingerprint density at radius 2 is 1.75 bits per heavy atom. The Kier molecular flexibility index (Phi) is 7.31. The van der Waals surface area contributed by atoms with E-state index in [0.717, 1.165) is 28.1 Å². The van der Waals surface area contributed by atoms with Gasteiger partial charge in [-0.1, -0.05) is 68.3 Å². The van der Waals surface area contributed by atoms with E-state index in [9.17, 15) is 4.79 Å². The molecule has 2 amide bonds. The SMILES string of the molecule is Cc1ccc(-n2nc(C(C)(C)C)cc2NC(=O)NCc2ccccc2Oc2cc(Cl)ncc2C)cc1. The minimum absolute atomic E-state index is 0.173. The third-order valence-electron chi connectivity index (χ3n) is 5.65. The molecule has 0 aliphatic carbocycles. The number of ether oxygens (including phenoxy) is 1. The predicted molar refractivity (Wildman–Crippen MR) is 143 cm³/mol. The number of para-hydroxylation sites is 1. The summed E-state index contributed by atoms with van der Waals surface area (Å²) in [6, 6.07) is 18.8. The van der Waals surface area contributed by atoms with Crippen LogP contribution in [-0.2, 0) is 12.0 Å². The maximum Gasteiger partial charge on any atom is 0.320 e. The quantitative estimate of drug-likeness (QED) is 0.279. The van der Waals surface area contributed by atoms with Crippen molar-refractivity contribution in [3.63, 3.8) is 0 Å². The second kappa shape index (κ2) is 10.4. The lowest BCUT2D eigenvalue weighted by Gasteiger charge is -2.14. The first kappa shape index (κ1) is 25.3. The van der Waals surface area contributed by atoms with Crippen molar-refractivity contribution in [1.82, 2.24) is 20.1 Å². The van der Waals surface area contributed by atoms with Crippen molar-refractivity contribution in [1.29, 1.82) is 0 Å². The molecule has 0 radical (unpaired) electrons. The fourth-order valence-electron chi connectivity index (χ4n) is 3.51. The molecule has 4 aromatic rings. The van der Waals surface area contributed by atoms with Gasteiger partial charge in [-0.2, -0.15) is 5.10 Å². The van der Waals surface area contributed by atoms with E-state index in [2.05, 4.69) is 36.4 Å². The van der Waals surface area contributed by atoms with Gasteiger partial charge in [0, 0.05) is 41.4 Å². The number of hydrogen-bond donors (Lipinski definition) is 2. The zero-order valence-electron chi connectivity index (χ0n) is 21.1. The molecular formula is C28H30ClN5O2. The zero-order chi connectivity index (χ0) is 25.9. The largest absolute Gasteiger partial charge is 0.457 e. The highest BCUT2D eigenvalue weighted by molar-refractivity contribution is 6.29. The standard InChI is InChI=1S/C28H30ClN5O2/c1-18-10-12-21(13-11-18)34-26(15-24(33-34)28(3,4)5)32-27(35)31-17-20-8-6-7-9-22(20)36-23-14-25(29)30-16-19(23)2/h6-16H,17H2,1-5H3,(H2,31,32,35). The number of nitrogens with one attached hydrogen (secondary N) is 2. The molecule has 186 valence electrons. The molecule has 0 unspecified atom stereocenters. The molecule has 0 saturated carbocycles. The van der Waals surface area contributed by atoms with Crippen molar-refractivity contribution in [3.8, 4) is 17.2 Å². The van der Waals surface area contributed by atoms with E-state index in [0.29, 0.717) is 22.5 Å². The second-order valence-electron chi connectivity index (χ2n) is 9.70. The maximum absolute atomic E-state index is 12.9. The Labute approximate surface area is 216 Å². The summed E-state index contributed by atoms with van der Waals surface area (Å²) in [5, 5.41) is 11.0. The van der Waals surface area contributed by atoms with Crippen LogP contribution in [0.5, 0.6) is 11.5 Å². The summed E-state index contributed by atoms with van der Waals surface area (Å²) >= 11 is 6.03. The third kappa shape index (κ3) is 6.04. The molecule has 0 spiro atoms. The Hall–Kier alpha value is -3.84. The summed E-state index contributed by atoms with van der Waals surface area (Å²) in [7, 11) is 0. The van der Waals surface area contributed by atoms with E-state index in [1.807, 2.05) is 68.4 Å². The van der Waals surface area contributed by atoms with Crippen LogP contribution in [0.1, 0.15) is 43.2 Å². The minimum Gasteiger partial charge on any atom is -0.457 e. The number of amides is 2. The van der Waals surface area contributed by atoms with Crippen molar-refractivity contribution < 1.29 is 9.53 Å². The highest BCUT2D eigenvalue weighted by Crippen LogP contribution is 2.29. The van der Waals surface area contributed by atoms with Gasteiger partial charge in [-0.05, 0) is 32.0 Å². The van der Waals surface area contributed by atoms with Gasteiger partial charge in [-0.25, -0.2) is 14.5 Å². The fraction of sp³-hybridized carbons (Fsp3) is 0.250. The first-order valence-electron chi connectivity index (χ1n) is 11.7. The van der Waals surface area contributed by atoms with Gasteiger partial charge in [0.1, 0.15) is 22.5 Å². The van der Waals surface area contributed by atoms with Gasteiger partial charge in [-0.15, -0.1) is 0 Å². The van der Waals surface area contributed by atoms with E-state index in [4.69, 9.17) is 21.4 Å². The minimum atomic E-state index is -0.346. The molecule has 8 heteroatoms. The molecule has 7 nitrogen and oxygen atoms in total. The average Bonchev–Trinajstić information content (AvgIpc) is 3.25. The van der Waals surface area contributed by atoms with Gasteiger partial charge in [-0.3, -0.25) is 5.32 Å². The average molecular weight is 504 g/mol. The number of carbonyl (C=O) groups excluding carboxylic acids is 1. The van der Waals surface area contributed by atoms with E-state index >= 15 is 0 Å². The van der Waals surface area contributed by atoms with Crippen LogP contribution in [-0.4, -0.2) is 20.8 Å². The van der Waals surface area contributed by atoms with E-state index in [1.165, 1.54) is 0 Å². The topological polar surface area (TPSA) is 81.1 Å². The highest BCUT2D eigenvalue weighted by Gasteiger charge is 2.21. The molecule has 0 saturated heterocycles. The van der Waals surface area contributed by atoms with E-state index in [1.54, 1.807) is 16.9 Å². The number of nitrogens with zero attached hydrogens (tertiary/aromatic N) is 3. The first-order chi connectivity index (χ1) is 17.1. The molecule has 2 heterocycles. The molecule has 0 fully saturated rings. The lowest BCUT2D eigenvalue weighted by atomic mass is 9.92. The smallest absolute Gasteiger partial charge is 0.320 e. The number of carbonyl (C=O) groups is 1. The highest BCUT2D eigenvalue weighted by atomic mass is 35.5. The maximum atomic E-state index is 12.9. The molecule has 2 N–H and O–H groups in total. The molecular weight excluding hydrogens is 474 g/mol. The van der Waals surface area contributed by atoms with Gasteiger partial charge in [0.25, 0.3) is 0 Å². The van der Waals surface area contributed by atoms with Crippen molar-refractivity contribution >= 4 is 23.4 Å². The molecule has 0 aliphatic heterocycles. The molecule has 0 atom stereocenters. The zero-order valence-corrected chi connectivity index (χ0v) is 21.8. The number of urea groups is 1. The van der Waals surface area contributed by atoms with Gasteiger partial charge in [0.05, 0.1) is 11.4 Å². The van der Waals surface area contributed by atoms with Crippen LogP contribution in [0.15, 0.2) is 66.9 Å².